The van der Waals surface area contributed by atoms with Gasteiger partial charge in [0, 0.05) is 26.4 Å². The van der Waals surface area contributed by atoms with Crippen molar-refractivity contribution in [3.05, 3.63) is 29.8 Å². The van der Waals surface area contributed by atoms with E-state index < -0.39 is 102 Å². The highest BCUT2D eigenvalue weighted by atomic mass is 16.3. The van der Waals surface area contributed by atoms with E-state index in [-0.39, 0.29) is 49.8 Å². The van der Waals surface area contributed by atoms with E-state index >= 15 is 0 Å². The first-order chi connectivity index (χ1) is 31.1. The molecule has 0 bridgehead atoms. The number of likely N-dealkylation sites (N-methyl/N-ethyl adjacent to an activating group) is 1. The van der Waals surface area contributed by atoms with Gasteiger partial charge in [0.25, 0.3) is 5.91 Å². The van der Waals surface area contributed by atoms with Crippen LogP contribution in [0.4, 0.5) is 0 Å². The molecule has 0 spiro atoms. The van der Waals surface area contributed by atoms with E-state index in [4.69, 9.17) is 0 Å². The Morgan fingerprint density at radius 2 is 1.24 bits per heavy atom. The lowest BCUT2D eigenvalue weighted by Gasteiger charge is -2.32. The van der Waals surface area contributed by atoms with Crippen LogP contribution in [0, 0.1) is 5.92 Å². The van der Waals surface area contributed by atoms with Gasteiger partial charge < -0.3 is 57.4 Å². The van der Waals surface area contributed by atoms with Gasteiger partial charge in [0.2, 0.25) is 47.1 Å². The highest BCUT2D eigenvalue weighted by Gasteiger charge is 2.42. The zero-order valence-corrected chi connectivity index (χ0v) is 39.7. The molecule has 1 heterocycles. The van der Waals surface area contributed by atoms with E-state index in [2.05, 4.69) is 44.1 Å². The van der Waals surface area contributed by atoms with Crippen molar-refractivity contribution in [2.75, 3.05) is 13.6 Å². The van der Waals surface area contributed by atoms with Gasteiger partial charge >= 0.3 is 0 Å². The summed E-state index contributed by atoms with van der Waals surface area (Å²) < 4.78 is 0. The lowest BCUT2D eigenvalue weighted by atomic mass is 10.0. The topological polar surface area (TPSA) is 302 Å². The number of rotatable bonds is 28. The quantitative estimate of drug-likeness (QED) is 0.0397. The molecule has 1 saturated heterocycles. The van der Waals surface area contributed by atoms with Gasteiger partial charge in [0.15, 0.2) is 0 Å². The number of likely N-dealkylation sites (tertiary alicyclic amines) is 1. The summed E-state index contributed by atoms with van der Waals surface area (Å²) in [5.41, 5.74) is 0.502. The van der Waals surface area contributed by atoms with Crippen molar-refractivity contribution < 1.29 is 58.5 Å². The van der Waals surface area contributed by atoms with E-state index in [9.17, 15) is 58.5 Å². The number of nitrogens with zero attached hydrogens (tertiary/aromatic N) is 1. The van der Waals surface area contributed by atoms with Crippen molar-refractivity contribution in [1.29, 1.82) is 0 Å². The van der Waals surface area contributed by atoms with Crippen LogP contribution in [0.3, 0.4) is 0 Å². The second-order valence-corrected chi connectivity index (χ2v) is 17.6. The molecule has 2 rings (SSSR count). The van der Waals surface area contributed by atoms with Crippen LogP contribution in [0.2, 0.25) is 0 Å². The largest absolute Gasteiger partial charge is 0.508 e. The van der Waals surface area contributed by atoms with E-state index in [0.717, 1.165) is 32.1 Å². The summed E-state index contributed by atoms with van der Waals surface area (Å²) in [5, 5.41) is 48.4. The predicted molar refractivity (Wildman–Crippen MR) is 244 cm³/mol. The molecule has 10 N–H and O–H groups in total. The molecule has 66 heavy (non-hydrogen) atoms. The van der Waals surface area contributed by atoms with Crippen molar-refractivity contribution in [3.8, 4) is 5.75 Å². The molecule has 20 nitrogen and oxygen atoms in total. The van der Waals surface area contributed by atoms with Crippen LogP contribution in [0.5, 0.6) is 5.75 Å². The minimum atomic E-state index is -1.63. The fraction of sp³-hybridized carbons (Fsp3) is 0.674. The number of hydrogen-bond donors (Lipinski definition) is 10. The highest BCUT2D eigenvalue weighted by molar-refractivity contribution is 6.38. The summed E-state index contributed by atoms with van der Waals surface area (Å²) >= 11 is 0. The van der Waals surface area contributed by atoms with Crippen molar-refractivity contribution in [1.82, 2.24) is 42.1 Å². The van der Waals surface area contributed by atoms with Gasteiger partial charge in [0.1, 0.15) is 42.0 Å². The highest BCUT2D eigenvalue weighted by Crippen LogP contribution is 2.21. The van der Waals surface area contributed by atoms with Crippen molar-refractivity contribution in [2.24, 2.45) is 5.92 Å². The molecule has 370 valence electrons. The smallest absolute Gasteiger partial charge is 0.289 e. The van der Waals surface area contributed by atoms with Crippen LogP contribution in [0.1, 0.15) is 125 Å². The number of Topliss-reactive ketones (excluding diaryl/α,β-unsaturated/α-hetero) is 1. The second-order valence-electron chi connectivity index (χ2n) is 17.6. The maximum Gasteiger partial charge on any atom is 0.289 e. The number of aliphatic hydroxyl groups is 2. The summed E-state index contributed by atoms with van der Waals surface area (Å²) in [7, 11) is 1.25. The first-order valence-electron chi connectivity index (χ1n) is 23.1. The van der Waals surface area contributed by atoms with Crippen LogP contribution >= 0.6 is 0 Å². The van der Waals surface area contributed by atoms with Crippen LogP contribution in [-0.2, 0) is 49.6 Å². The standard InChI is InChI=1S/C46H74N8O12/c1-9-10-11-12-13-14-15-18-36(58)50-33(24-26(2)3)42(62)53-38(30(7)56)46(66)54-23-16-17-35(54)43(63)52-37(29(6)55)44(64)49-28(5)40(60)51-34(25-31-19-21-32(57)22-20-31)41(61)48-27(4)39(59)45(65)47-8/h19-22,26-30,33-35,37-38,55-57H,9-18,23-25H2,1-8H3,(H,47,65)(H,48,61)(H,49,64)(H,50,58)(H,51,60)(H,52,63)(H,53,62)/t27?,28-,29?,30?,33-,34-,35+,37?,38?/m0/s1. The van der Waals surface area contributed by atoms with Gasteiger partial charge in [-0.25, -0.2) is 0 Å². The number of benzene rings is 1. The third kappa shape index (κ3) is 18.7. The SMILES string of the molecule is CCCCCCCCCC(=O)N[C@@H](CC(C)C)C(=O)NC(C(=O)N1CCC[C@@H]1C(=O)NC(C(=O)N[C@@H](C)C(=O)N[C@@H](Cc1ccc(O)cc1)C(=O)NC(C)C(=O)C(=O)NC)C(C)O)C(C)O. The minimum Gasteiger partial charge on any atom is -0.508 e. The fourth-order valence-corrected chi connectivity index (χ4v) is 7.43. The fourth-order valence-electron chi connectivity index (χ4n) is 7.43. The van der Waals surface area contributed by atoms with Crippen LogP contribution in [0.25, 0.3) is 0 Å². The van der Waals surface area contributed by atoms with E-state index in [0.29, 0.717) is 18.4 Å². The minimum absolute atomic E-state index is 0.00681. The Hall–Kier alpha value is -5.63. The molecule has 5 unspecified atom stereocenters. The number of carbonyl (C=O) groups excluding carboxylic acids is 9. The molecular formula is C46H74N8O12. The third-order valence-corrected chi connectivity index (χ3v) is 11.3. The number of nitrogens with one attached hydrogen (secondary N) is 7. The predicted octanol–water partition coefficient (Wildman–Crippen LogP) is 0.138. The maximum atomic E-state index is 14.0. The number of aliphatic hydroxyl groups excluding tert-OH is 2. The summed E-state index contributed by atoms with van der Waals surface area (Å²) in [6, 6.07) is -3.50. The molecule has 9 atom stereocenters. The molecule has 1 aliphatic heterocycles. The zero-order valence-electron chi connectivity index (χ0n) is 39.7. The van der Waals surface area contributed by atoms with Gasteiger partial charge in [0.05, 0.1) is 18.2 Å². The third-order valence-electron chi connectivity index (χ3n) is 11.3. The van der Waals surface area contributed by atoms with E-state index in [1.165, 1.54) is 70.3 Å². The molecule has 0 aromatic heterocycles. The first kappa shape index (κ1) is 56.5. The molecule has 1 fully saturated rings. The normalized spacial score (nSPS) is 17.1. The molecular weight excluding hydrogens is 857 g/mol. The second kappa shape index (κ2) is 28.4. The van der Waals surface area contributed by atoms with Gasteiger partial charge in [-0.2, -0.15) is 0 Å². The number of phenolic OH excluding ortho intramolecular Hbond substituents is 1. The van der Waals surface area contributed by atoms with Gasteiger partial charge in [-0.1, -0.05) is 71.4 Å². The van der Waals surface area contributed by atoms with Gasteiger partial charge in [-0.15, -0.1) is 0 Å². The monoisotopic (exact) mass is 931 g/mol. The number of aromatic hydroxyl groups is 1. The number of unbranched alkanes of at least 4 members (excludes halogenated alkanes) is 6. The lowest BCUT2D eigenvalue weighted by molar-refractivity contribution is -0.145. The zero-order chi connectivity index (χ0) is 49.7. The molecule has 1 aromatic carbocycles. The Bertz CT molecular complexity index is 1810. The Labute approximate surface area is 387 Å². The number of hydrogen-bond acceptors (Lipinski definition) is 12. The lowest BCUT2D eigenvalue weighted by Crippen LogP contribution is -2.62. The Kier molecular flexibility index (Phi) is 24.3. The van der Waals surface area contributed by atoms with Crippen molar-refractivity contribution >= 4 is 53.0 Å². The maximum absolute atomic E-state index is 14.0. The molecule has 1 aromatic rings. The summed E-state index contributed by atoms with van der Waals surface area (Å²) in [4.78, 5) is 120. The average molecular weight is 931 g/mol. The molecule has 0 saturated carbocycles. The van der Waals surface area contributed by atoms with E-state index in [1.54, 1.807) is 0 Å². The first-order valence-corrected chi connectivity index (χ1v) is 23.1. The van der Waals surface area contributed by atoms with Gasteiger partial charge in [-0.05, 0) is 77.0 Å². The summed E-state index contributed by atoms with van der Waals surface area (Å²) in [5.74, 6) is -7.18. The number of phenols is 1. The number of amides is 8. The van der Waals surface area contributed by atoms with Gasteiger partial charge in [-0.3, -0.25) is 43.2 Å². The number of carbonyl (C=O) groups is 9. The molecule has 0 aliphatic carbocycles. The Morgan fingerprint density at radius 1 is 0.667 bits per heavy atom. The Morgan fingerprint density at radius 3 is 1.82 bits per heavy atom. The van der Waals surface area contributed by atoms with Crippen molar-refractivity contribution in [2.45, 2.75) is 180 Å². The average Bonchev–Trinajstić information content (AvgIpc) is 3.76. The van der Waals surface area contributed by atoms with Crippen LogP contribution in [0.15, 0.2) is 24.3 Å². The Balaban J connectivity index is 2.15. The van der Waals surface area contributed by atoms with Crippen molar-refractivity contribution in [3.63, 3.8) is 0 Å². The summed E-state index contributed by atoms with van der Waals surface area (Å²) in [6.45, 7) is 11.1. The number of ketones is 1. The molecule has 0 radical (unpaired) electrons. The molecule has 1 aliphatic rings. The molecule has 20 heteroatoms. The van der Waals surface area contributed by atoms with Crippen LogP contribution < -0.4 is 37.2 Å². The summed E-state index contributed by atoms with van der Waals surface area (Å²) in [6.07, 6.45) is 5.12. The van der Waals surface area contributed by atoms with E-state index in [1.807, 2.05) is 13.8 Å². The van der Waals surface area contributed by atoms with Crippen LogP contribution in [-0.4, -0.2) is 141 Å². The molecule has 8 amide bonds.